The Morgan fingerprint density at radius 3 is 2.33 bits per heavy atom. The third-order valence-corrected chi connectivity index (χ3v) is 1.77. The van der Waals surface area contributed by atoms with Crippen molar-refractivity contribution in [3.05, 3.63) is 17.1 Å². The highest BCUT2D eigenvalue weighted by atomic mass is 32.1. The lowest BCUT2D eigenvalue weighted by Crippen LogP contribution is -2.10. The fourth-order valence-electron chi connectivity index (χ4n) is 0.599. The van der Waals surface area contributed by atoms with Crippen molar-refractivity contribution in [1.82, 2.24) is 4.37 Å². The molecule has 0 aromatic carbocycles. The van der Waals surface area contributed by atoms with Gasteiger partial charge in [-0.05, 0) is 17.6 Å². The second-order valence-corrected chi connectivity index (χ2v) is 3.80. The molecule has 0 bridgehead atoms. The second kappa shape index (κ2) is 2.10. The van der Waals surface area contributed by atoms with E-state index in [1.54, 1.807) is 0 Å². The van der Waals surface area contributed by atoms with Gasteiger partial charge in [0.1, 0.15) is 0 Å². The summed E-state index contributed by atoms with van der Waals surface area (Å²) in [6, 6.07) is 2.07. The summed E-state index contributed by atoms with van der Waals surface area (Å²) in [5.74, 6) is 0. The molecule has 9 heavy (non-hydrogen) atoms. The Hall–Kier alpha value is -0.370. The van der Waals surface area contributed by atoms with Gasteiger partial charge < -0.3 is 0 Å². The van der Waals surface area contributed by atoms with Crippen LogP contribution < -0.4 is 0 Å². The van der Waals surface area contributed by atoms with E-state index in [-0.39, 0.29) is 5.41 Å². The molecule has 50 valence electrons. The van der Waals surface area contributed by atoms with E-state index in [2.05, 4.69) is 31.2 Å². The highest BCUT2D eigenvalue weighted by Crippen LogP contribution is 2.20. The van der Waals surface area contributed by atoms with Crippen LogP contribution in [0.2, 0.25) is 0 Å². The molecular weight excluding hydrogens is 130 g/mol. The summed E-state index contributed by atoms with van der Waals surface area (Å²) in [6.45, 7) is 6.51. The van der Waals surface area contributed by atoms with Gasteiger partial charge in [0.2, 0.25) is 0 Å². The van der Waals surface area contributed by atoms with E-state index in [1.165, 1.54) is 17.2 Å². The summed E-state index contributed by atoms with van der Waals surface area (Å²) in [5, 5.41) is 2.01. The van der Waals surface area contributed by atoms with Crippen molar-refractivity contribution in [3.63, 3.8) is 0 Å². The zero-order valence-electron chi connectivity index (χ0n) is 6.01. The minimum atomic E-state index is 0.222. The first kappa shape index (κ1) is 6.75. The predicted molar refractivity (Wildman–Crippen MR) is 40.8 cm³/mol. The zero-order valence-corrected chi connectivity index (χ0v) is 6.83. The van der Waals surface area contributed by atoms with Gasteiger partial charge in [0.05, 0.1) is 5.69 Å². The van der Waals surface area contributed by atoms with Crippen molar-refractivity contribution in [2.45, 2.75) is 26.2 Å². The standard InChI is InChI=1S/C7H11NS/c1-7(2,3)6-4-5-9-8-6/h4-5H,1-3H3. The van der Waals surface area contributed by atoms with E-state index in [0.717, 1.165) is 0 Å². The van der Waals surface area contributed by atoms with Gasteiger partial charge in [-0.2, -0.15) is 4.37 Å². The maximum atomic E-state index is 4.23. The normalized spacial score (nSPS) is 11.9. The van der Waals surface area contributed by atoms with Crippen LogP contribution in [0.25, 0.3) is 0 Å². The minimum absolute atomic E-state index is 0.222. The largest absolute Gasteiger partial charge is 0.197 e. The minimum Gasteiger partial charge on any atom is -0.197 e. The molecule has 0 saturated heterocycles. The number of rotatable bonds is 0. The molecule has 0 amide bonds. The molecule has 0 spiro atoms. The highest BCUT2D eigenvalue weighted by molar-refractivity contribution is 7.03. The molecule has 0 unspecified atom stereocenters. The average Bonchev–Trinajstić information content (AvgIpc) is 2.08. The van der Waals surface area contributed by atoms with Gasteiger partial charge in [-0.1, -0.05) is 20.8 Å². The van der Waals surface area contributed by atoms with Crippen LogP contribution in [0.4, 0.5) is 0 Å². The van der Waals surface area contributed by atoms with Gasteiger partial charge in [0, 0.05) is 10.8 Å². The predicted octanol–water partition coefficient (Wildman–Crippen LogP) is 2.44. The van der Waals surface area contributed by atoms with Crippen LogP contribution in [-0.4, -0.2) is 4.37 Å². The van der Waals surface area contributed by atoms with Gasteiger partial charge in [-0.3, -0.25) is 0 Å². The first-order chi connectivity index (χ1) is 4.11. The van der Waals surface area contributed by atoms with Gasteiger partial charge >= 0.3 is 0 Å². The first-order valence-electron chi connectivity index (χ1n) is 3.01. The molecule has 0 saturated carbocycles. The lowest BCUT2D eigenvalue weighted by Gasteiger charge is -2.13. The third-order valence-electron chi connectivity index (χ3n) is 1.21. The first-order valence-corrected chi connectivity index (χ1v) is 3.85. The highest BCUT2D eigenvalue weighted by Gasteiger charge is 2.14. The molecule has 0 aliphatic rings. The van der Waals surface area contributed by atoms with Crippen LogP contribution in [0.15, 0.2) is 11.4 Å². The van der Waals surface area contributed by atoms with Crippen LogP contribution in [0.3, 0.4) is 0 Å². The maximum Gasteiger partial charge on any atom is 0.0595 e. The Labute approximate surface area is 59.9 Å². The Bertz CT molecular complexity index is 171. The van der Waals surface area contributed by atoms with E-state index in [0.29, 0.717) is 0 Å². The van der Waals surface area contributed by atoms with Crippen LogP contribution >= 0.6 is 11.5 Å². The summed E-state index contributed by atoms with van der Waals surface area (Å²) in [6.07, 6.45) is 0. The fraction of sp³-hybridized carbons (Fsp3) is 0.571. The molecule has 0 radical (unpaired) electrons. The number of hydrogen-bond donors (Lipinski definition) is 0. The Balaban J connectivity index is 2.90. The molecule has 1 aromatic rings. The van der Waals surface area contributed by atoms with E-state index < -0.39 is 0 Å². The fourth-order valence-corrected chi connectivity index (χ4v) is 1.30. The van der Waals surface area contributed by atoms with Crippen molar-refractivity contribution in [2.75, 3.05) is 0 Å². The summed E-state index contributed by atoms with van der Waals surface area (Å²) >= 11 is 1.52. The van der Waals surface area contributed by atoms with Crippen LogP contribution in [0.1, 0.15) is 26.5 Å². The number of aromatic nitrogens is 1. The van der Waals surface area contributed by atoms with Crippen molar-refractivity contribution in [3.8, 4) is 0 Å². The molecule has 1 rings (SSSR count). The molecule has 1 heterocycles. The summed E-state index contributed by atoms with van der Waals surface area (Å²) < 4.78 is 4.23. The lowest BCUT2D eigenvalue weighted by atomic mass is 9.93. The summed E-state index contributed by atoms with van der Waals surface area (Å²) in [4.78, 5) is 0. The molecule has 0 atom stereocenters. The zero-order chi connectivity index (χ0) is 6.91. The van der Waals surface area contributed by atoms with Crippen molar-refractivity contribution in [2.24, 2.45) is 0 Å². The number of hydrogen-bond acceptors (Lipinski definition) is 2. The summed E-state index contributed by atoms with van der Waals surface area (Å²) in [5.41, 5.74) is 1.41. The van der Waals surface area contributed by atoms with E-state index in [9.17, 15) is 0 Å². The van der Waals surface area contributed by atoms with Crippen molar-refractivity contribution in [1.29, 1.82) is 0 Å². The van der Waals surface area contributed by atoms with Crippen LogP contribution in [0.5, 0.6) is 0 Å². The molecule has 1 aromatic heterocycles. The molecule has 0 fully saturated rings. The van der Waals surface area contributed by atoms with Gasteiger partial charge in [0.15, 0.2) is 0 Å². The van der Waals surface area contributed by atoms with E-state index in [1.807, 2.05) is 5.38 Å². The quantitative estimate of drug-likeness (QED) is 0.540. The smallest absolute Gasteiger partial charge is 0.0595 e. The van der Waals surface area contributed by atoms with Crippen LogP contribution in [-0.2, 0) is 5.41 Å². The van der Waals surface area contributed by atoms with Gasteiger partial charge in [0.25, 0.3) is 0 Å². The van der Waals surface area contributed by atoms with Gasteiger partial charge in [-0.25, -0.2) is 0 Å². The molecule has 1 nitrogen and oxygen atoms in total. The Morgan fingerprint density at radius 1 is 1.44 bits per heavy atom. The molecule has 0 aliphatic heterocycles. The third kappa shape index (κ3) is 1.52. The topological polar surface area (TPSA) is 12.9 Å². The SMILES string of the molecule is CC(C)(C)c1ccsn1. The van der Waals surface area contributed by atoms with Crippen molar-refractivity contribution < 1.29 is 0 Å². The summed E-state index contributed by atoms with van der Waals surface area (Å²) in [7, 11) is 0. The van der Waals surface area contributed by atoms with E-state index in [4.69, 9.17) is 0 Å². The average molecular weight is 141 g/mol. The number of nitrogens with zero attached hydrogens (tertiary/aromatic N) is 1. The lowest BCUT2D eigenvalue weighted by molar-refractivity contribution is 0.576. The monoisotopic (exact) mass is 141 g/mol. The van der Waals surface area contributed by atoms with Crippen molar-refractivity contribution >= 4 is 11.5 Å². The van der Waals surface area contributed by atoms with Gasteiger partial charge in [-0.15, -0.1) is 0 Å². The van der Waals surface area contributed by atoms with E-state index >= 15 is 0 Å². The molecular formula is C7H11NS. The molecule has 2 heteroatoms. The Morgan fingerprint density at radius 2 is 2.11 bits per heavy atom. The molecule has 0 aliphatic carbocycles. The second-order valence-electron chi connectivity index (χ2n) is 3.13. The van der Waals surface area contributed by atoms with Crippen LogP contribution in [0, 0.1) is 0 Å². The maximum absolute atomic E-state index is 4.23. The Kier molecular flexibility index (Phi) is 1.58. The molecule has 0 N–H and O–H groups in total.